The quantitative estimate of drug-likeness (QED) is 0.881. The average Bonchev–Trinajstić information content (AvgIpc) is 2.47. The molecule has 1 N–H and O–H groups in total. The van der Waals surface area contributed by atoms with E-state index in [0.717, 1.165) is 31.0 Å². The third-order valence-corrected chi connectivity index (χ3v) is 4.46. The van der Waals surface area contributed by atoms with Crippen molar-refractivity contribution in [2.45, 2.75) is 18.9 Å². The van der Waals surface area contributed by atoms with Gasteiger partial charge in [0, 0.05) is 56.5 Å². The largest absolute Gasteiger partial charge is 0.345 e. The van der Waals surface area contributed by atoms with Gasteiger partial charge in [-0.3, -0.25) is 9.78 Å². The molecule has 1 aromatic heterocycles. The Bertz CT molecular complexity index is 402. The third kappa shape index (κ3) is 7.36. The number of aromatic nitrogens is 1. The van der Waals surface area contributed by atoms with Gasteiger partial charge >= 0.3 is 0 Å². The lowest BCUT2D eigenvalue weighted by molar-refractivity contribution is -0.130. The number of nitrogens with one attached hydrogen (secondary N) is 1. The van der Waals surface area contributed by atoms with Crippen molar-refractivity contribution in [3.8, 4) is 0 Å². The minimum atomic E-state index is 0. The zero-order chi connectivity index (χ0) is 13.5. The van der Waals surface area contributed by atoms with Gasteiger partial charge in [0.25, 0.3) is 0 Å². The van der Waals surface area contributed by atoms with E-state index in [0.29, 0.717) is 12.5 Å². The van der Waals surface area contributed by atoms with E-state index in [1.807, 2.05) is 35.8 Å². The van der Waals surface area contributed by atoms with E-state index in [4.69, 9.17) is 0 Å². The smallest absolute Gasteiger partial charge is 0.223 e. The molecule has 1 fully saturated rings. The molecule has 1 amide bonds. The minimum absolute atomic E-state index is 0. The van der Waals surface area contributed by atoms with E-state index in [1.165, 1.54) is 5.56 Å². The number of rotatable bonds is 5. The summed E-state index contributed by atoms with van der Waals surface area (Å²) in [7, 11) is 1.89. The highest BCUT2D eigenvalue weighted by Gasteiger charge is 2.18. The van der Waals surface area contributed by atoms with Crippen molar-refractivity contribution >= 4 is 42.5 Å². The molecular formula is C14H23Cl2N3OS. The molecule has 1 saturated heterocycles. The number of hydrogen-bond acceptors (Lipinski definition) is 4. The molecule has 1 aliphatic rings. The zero-order valence-corrected chi connectivity index (χ0v) is 14.6. The van der Waals surface area contributed by atoms with Crippen LogP contribution in [0.25, 0.3) is 0 Å². The molecule has 1 atom stereocenters. The third-order valence-electron chi connectivity index (χ3n) is 3.33. The molecular weight excluding hydrogens is 329 g/mol. The summed E-state index contributed by atoms with van der Waals surface area (Å²) < 4.78 is 0. The fourth-order valence-electron chi connectivity index (χ4n) is 2.09. The van der Waals surface area contributed by atoms with Gasteiger partial charge in [-0.05, 0) is 24.1 Å². The van der Waals surface area contributed by atoms with Gasteiger partial charge in [-0.15, -0.1) is 24.8 Å². The van der Waals surface area contributed by atoms with Crippen LogP contribution in [0.5, 0.6) is 0 Å². The van der Waals surface area contributed by atoms with Crippen molar-refractivity contribution in [2.75, 3.05) is 31.6 Å². The highest BCUT2D eigenvalue weighted by molar-refractivity contribution is 7.99. The number of thioether (sulfide) groups is 1. The lowest BCUT2D eigenvalue weighted by Crippen LogP contribution is -2.42. The fraction of sp³-hybridized carbons (Fsp3) is 0.571. The lowest BCUT2D eigenvalue weighted by Gasteiger charge is -2.25. The summed E-state index contributed by atoms with van der Waals surface area (Å²) in [4.78, 5) is 17.9. The van der Waals surface area contributed by atoms with E-state index in [-0.39, 0.29) is 30.7 Å². The van der Waals surface area contributed by atoms with Crippen molar-refractivity contribution in [1.82, 2.24) is 15.2 Å². The number of carbonyl (C=O) groups is 1. The summed E-state index contributed by atoms with van der Waals surface area (Å²) in [6, 6.07) is 4.34. The monoisotopic (exact) mass is 351 g/mol. The molecule has 2 rings (SSSR count). The van der Waals surface area contributed by atoms with Gasteiger partial charge in [0.1, 0.15) is 0 Å². The second-order valence-corrected chi connectivity index (χ2v) is 6.00. The van der Waals surface area contributed by atoms with Crippen molar-refractivity contribution < 1.29 is 4.79 Å². The van der Waals surface area contributed by atoms with Crippen LogP contribution in [0.2, 0.25) is 0 Å². The normalized spacial score (nSPS) is 17.3. The topological polar surface area (TPSA) is 45.2 Å². The number of pyridine rings is 1. The summed E-state index contributed by atoms with van der Waals surface area (Å²) in [5.41, 5.74) is 1.22. The van der Waals surface area contributed by atoms with Crippen LogP contribution in [0.15, 0.2) is 24.5 Å². The van der Waals surface area contributed by atoms with Gasteiger partial charge in [0.2, 0.25) is 5.91 Å². The maximum absolute atomic E-state index is 12.1. The Kier molecular flexibility index (Phi) is 10.9. The van der Waals surface area contributed by atoms with Crippen LogP contribution in [-0.4, -0.2) is 53.5 Å². The Hall–Kier alpha value is -0.490. The van der Waals surface area contributed by atoms with E-state index in [1.54, 1.807) is 12.4 Å². The molecule has 0 spiro atoms. The lowest BCUT2D eigenvalue weighted by atomic mass is 10.1. The Morgan fingerprint density at radius 1 is 1.43 bits per heavy atom. The summed E-state index contributed by atoms with van der Waals surface area (Å²) in [5, 5.41) is 3.40. The van der Waals surface area contributed by atoms with Gasteiger partial charge in [-0.2, -0.15) is 11.8 Å². The second-order valence-electron chi connectivity index (χ2n) is 4.85. The first-order valence-electron chi connectivity index (χ1n) is 6.69. The van der Waals surface area contributed by atoms with Gasteiger partial charge in [0.15, 0.2) is 0 Å². The number of carbonyl (C=O) groups excluding carboxylic acids is 1. The number of likely N-dealkylation sites (N-methyl/N-ethyl adjacent to an activating group) is 1. The first-order valence-corrected chi connectivity index (χ1v) is 7.85. The molecule has 0 aromatic carbocycles. The molecule has 21 heavy (non-hydrogen) atoms. The minimum Gasteiger partial charge on any atom is -0.345 e. The van der Waals surface area contributed by atoms with Crippen LogP contribution >= 0.6 is 36.6 Å². The highest BCUT2D eigenvalue weighted by atomic mass is 35.5. The first-order chi connectivity index (χ1) is 9.25. The molecule has 4 nitrogen and oxygen atoms in total. The van der Waals surface area contributed by atoms with Crippen LogP contribution in [0.1, 0.15) is 12.0 Å². The van der Waals surface area contributed by atoms with Crippen molar-refractivity contribution in [3.05, 3.63) is 30.1 Å². The highest BCUT2D eigenvalue weighted by Crippen LogP contribution is 2.11. The predicted molar refractivity (Wildman–Crippen MR) is 93.8 cm³/mol. The maximum Gasteiger partial charge on any atom is 0.223 e. The van der Waals surface area contributed by atoms with Crippen LogP contribution in [-0.2, 0) is 11.2 Å². The molecule has 0 aliphatic carbocycles. The first kappa shape index (κ1) is 20.5. The van der Waals surface area contributed by atoms with Crippen LogP contribution in [0.3, 0.4) is 0 Å². The SMILES string of the molecule is CN(CCc1ccncc1)C(=O)CC1CSCCN1.Cl.Cl. The Labute approximate surface area is 143 Å². The number of nitrogens with zero attached hydrogens (tertiary/aromatic N) is 2. The molecule has 0 bridgehead atoms. The zero-order valence-electron chi connectivity index (χ0n) is 12.2. The molecule has 1 aliphatic heterocycles. The molecule has 1 aromatic rings. The maximum atomic E-state index is 12.1. The standard InChI is InChI=1S/C14H21N3OS.2ClH/c1-17(8-4-12-2-5-15-6-3-12)14(18)10-13-11-19-9-7-16-13;;/h2-3,5-6,13,16H,4,7-11H2,1H3;2*1H. The number of halogens is 2. The van der Waals surface area contributed by atoms with Crippen LogP contribution < -0.4 is 5.32 Å². The number of hydrogen-bond donors (Lipinski definition) is 1. The molecule has 0 saturated carbocycles. The Morgan fingerprint density at radius 3 is 2.76 bits per heavy atom. The molecule has 7 heteroatoms. The Morgan fingerprint density at radius 2 is 2.14 bits per heavy atom. The predicted octanol–water partition coefficient (Wildman–Crippen LogP) is 2.02. The fourth-order valence-corrected chi connectivity index (χ4v) is 3.04. The summed E-state index contributed by atoms with van der Waals surface area (Å²) in [5.74, 6) is 2.43. The average molecular weight is 352 g/mol. The summed E-state index contributed by atoms with van der Waals surface area (Å²) >= 11 is 1.93. The van der Waals surface area contributed by atoms with Crippen LogP contribution in [0.4, 0.5) is 0 Å². The van der Waals surface area contributed by atoms with Gasteiger partial charge in [-0.1, -0.05) is 0 Å². The second kappa shape index (κ2) is 11.1. The van der Waals surface area contributed by atoms with Crippen molar-refractivity contribution in [2.24, 2.45) is 0 Å². The van der Waals surface area contributed by atoms with Gasteiger partial charge in [-0.25, -0.2) is 0 Å². The van der Waals surface area contributed by atoms with Crippen molar-refractivity contribution in [1.29, 1.82) is 0 Å². The molecule has 120 valence electrons. The van der Waals surface area contributed by atoms with E-state index >= 15 is 0 Å². The Balaban J connectivity index is 0.00000200. The number of amides is 1. The van der Waals surface area contributed by atoms with Gasteiger partial charge in [0.05, 0.1) is 0 Å². The summed E-state index contributed by atoms with van der Waals surface area (Å²) in [6.45, 7) is 1.78. The van der Waals surface area contributed by atoms with E-state index < -0.39 is 0 Å². The molecule has 1 unspecified atom stereocenters. The van der Waals surface area contributed by atoms with Gasteiger partial charge < -0.3 is 10.2 Å². The van der Waals surface area contributed by atoms with Crippen LogP contribution in [0, 0.1) is 0 Å². The van der Waals surface area contributed by atoms with Crippen molar-refractivity contribution in [3.63, 3.8) is 0 Å². The van der Waals surface area contributed by atoms with E-state index in [2.05, 4.69) is 10.3 Å². The molecule has 2 heterocycles. The van der Waals surface area contributed by atoms with E-state index in [9.17, 15) is 4.79 Å². The molecule has 0 radical (unpaired) electrons. The summed E-state index contributed by atoms with van der Waals surface area (Å²) in [6.07, 6.45) is 5.08.